The fourth-order valence-corrected chi connectivity index (χ4v) is 3.01. The van der Waals surface area contributed by atoms with Crippen molar-refractivity contribution in [2.45, 2.75) is 39.5 Å². The van der Waals surface area contributed by atoms with Crippen molar-refractivity contribution in [2.24, 2.45) is 5.92 Å². The van der Waals surface area contributed by atoms with Crippen molar-refractivity contribution in [2.75, 3.05) is 0 Å². The summed E-state index contributed by atoms with van der Waals surface area (Å²) in [6.07, 6.45) is 3.87. The Kier molecular flexibility index (Phi) is 3.89. The van der Waals surface area contributed by atoms with E-state index >= 15 is 0 Å². The number of hydrogen-bond acceptors (Lipinski definition) is 2. The molecular formula is C17H21FO2. The summed E-state index contributed by atoms with van der Waals surface area (Å²) in [5, 5.41) is 20.3. The van der Waals surface area contributed by atoms with Gasteiger partial charge in [0.25, 0.3) is 0 Å². The molecule has 0 fully saturated rings. The number of allylic oxidation sites excluding steroid dienone is 3. The molecule has 0 bridgehead atoms. The third-order valence-electron chi connectivity index (χ3n) is 4.15. The van der Waals surface area contributed by atoms with Crippen LogP contribution in [0, 0.1) is 18.7 Å². The van der Waals surface area contributed by atoms with Gasteiger partial charge in [0.05, 0.1) is 0 Å². The average Bonchev–Trinajstić information content (AvgIpc) is 2.36. The van der Waals surface area contributed by atoms with Gasteiger partial charge in [0.2, 0.25) is 0 Å². The van der Waals surface area contributed by atoms with Gasteiger partial charge in [0, 0.05) is 11.5 Å². The molecule has 1 aliphatic rings. The van der Waals surface area contributed by atoms with Crippen LogP contribution in [0.5, 0.6) is 11.5 Å². The van der Waals surface area contributed by atoms with Crippen LogP contribution in [-0.4, -0.2) is 10.2 Å². The van der Waals surface area contributed by atoms with E-state index in [1.165, 1.54) is 18.6 Å². The number of benzene rings is 1. The number of hydrogen-bond donors (Lipinski definition) is 2. The zero-order chi connectivity index (χ0) is 15.0. The smallest absolute Gasteiger partial charge is 0.168 e. The molecule has 0 aliphatic heterocycles. The molecule has 1 aromatic rings. The van der Waals surface area contributed by atoms with Gasteiger partial charge in [-0.1, -0.05) is 23.8 Å². The maximum absolute atomic E-state index is 13.9. The highest BCUT2D eigenvalue weighted by Crippen LogP contribution is 2.47. The van der Waals surface area contributed by atoms with Crippen molar-refractivity contribution in [3.63, 3.8) is 0 Å². The maximum Gasteiger partial charge on any atom is 0.168 e. The zero-order valence-electron chi connectivity index (χ0n) is 12.2. The van der Waals surface area contributed by atoms with E-state index in [1.54, 1.807) is 0 Å². The van der Waals surface area contributed by atoms with Crippen LogP contribution in [0.1, 0.15) is 43.7 Å². The van der Waals surface area contributed by atoms with Crippen LogP contribution in [0.2, 0.25) is 0 Å². The molecule has 0 amide bonds. The fraction of sp³-hybridized carbons (Fsp3) is 0.412. The van der Waals surface area contributed by atoms with Crippen molar-refractivity contribution in [1.29, 1.82) is 0 Å². The van der Waals surface area contributed by atoms with Gasteiger partial charge in [-0.3, -0.25) is 0 Å². The van der Waals surface area contributed by atoms with Crippen LogP contribution in [0.4, 0.5) is 4.39 Å². The molecule has 0 saturated carbocycles. The third kappa shape index (κ3) is 2.45. The summed E-state index contributed by atoms with van der Waals surface area (Å²) >= 11 is 0. The minimum atomic E-state index is -0.658. The quantitative estimate of drug-likeness (QED) is 0.777. The second-order valence-electron chi connectivity index (χ2n) is 5.82. The molecular weight excluding hydrogens is 255 g/mol. The largest absolute Gasteiger partial charge is 0.507 e. The summed E-state index contributed by atoms with van der Waals surface area (Å²) in [7, 11) is 0. The maximum atomic E-state index is 13.9. The van der Waals surface area contributed by atoms with Crippen LogP contribution >= 0.6 is 0 Å². The Morgan fingerprint density at radius 3 is 2.60 bits per heavy atom. The van der Waals surface area contributed by atoms with E-state index in [2.05, 4.69) is 6.58 Å². The molecule has 2 atom stereocenters. The first-order valence-electron chi connectivity index (χ1n) is 6.86. The van der Waals surface area contributed by atoms with E-state index in [0.29, 0.717) is 0 Å². The summed E-state index contributed by atoms with van der Waals surface area (Å²) in [6.45, 7) is 9.47. The van der Waals surface area contributed by atoms with Gasteiger partial charge in [-0.05, 0) is 51.2 Å². The number of rotatable bonds is 2. The van der Waals surface area contributed by atoms with Gasteiger partial charge in [-0.2, -0.15) is 0 Å². The number of aromatic hydroxyl groups is 2. The topological polar surface area (TPSA) is 40.5 Å². The number of phenols is 2. The van der Waals surface area contributed by atoms with Gasteiger partial charge in [0.15, 0.2) is 11.6 Å². The summed E-state index contributed by atoms with van der Waals surface area (Å²) in [5.74, 6) is -1.27. The van der Waals surface area contributed by atoms with E-state index < -0.39 is 11.6 Å². The molecule has 0 radical (unpaired) electrons. The van der Waals surface area contributed by atoms with Crippen molar-refractivity contribution in [3.8, 4) is 11.5 Å². The van der Waals surface area contributed by atoms with E-state index in [4.69, 9.17) is 0 Å². The molecule has 0 saturated heterocycles. The molecule has 0 aromatic heterocycles. The molecule has 20 heavy (non-hydrogen) atoms. The lowest BCUT2D eigenvalue weighted by molar-refractivity contribution is 0.384. The van der Waals surface area contributed by atoms with Crippen LogP contribution < -0.4 is 0 Å². The van der Waals surface area contributed by atoms with Crippen LogP contribution in [-0.2, 0) is 0 Å². The lowest BCUT2D eigenvalue weighted by Gasteiger charge is -2.31. The summed E-state index contributed by atoms with van der Waals surface area (Å²) in [5.41, 5.74) is 2.69. The first-order valence-corrected chi connectivity index (χ1v) is 6.86. The molecule has 2 rings (SSSR count). The highest BCUT2D eigenvalue weighted by atomic mass is 19.1. The summed E-state index contributed by atoms with van der Waals surface area (Å²) < 4.78 is 13.9. The number of aryl methyl sites for hydroxylation is 1. The lowest BCUT2D eigenvalue weighted by Crippen LogP contribution is -2.17. The lowest BCUT2D eigenvalue weighted by atomic mass is 9.73. The molecule has 2 nitrogen and oxygen atoms in total. The molecule has 1 aliphatic carbocycles. The van der Waals surface area contributed by atoms with Crippen molar-refractivity contribution in [3.05, 3.63) is 46.8 Å². The predicted octanol–water partition coefficient (Wildman–Crippen LogP) is 4.56. The predicted molar refractivity (Wildman–Crippen MR) is 78.5 cm³/mol. The van der Waals surface area contributed by atoms with Gasteiger partial charge in [0.1, 0.15) is 5.75 Å². The number of halogens is 1. The SMILES string of the molecule is C=C(C)[C@@H]1CCC(C)=CC1c1c(O)cc(C)c(F)c1O. The van der Waals surface area contributed by atoms with Crippen LogP contribution in [0.3, 0.4) is 0 Å². The second-order valence-corrected chi connectivity index (χ2v) is 5.82. The normalized spacial score (nSPS) is 22.5. The highest BCUT2D eigenvalue weighted by molar-refractivity contribution is 5.52. The minimum Gasteiger partial charge on any atom is -0.507 e. The Labute approximate surface area is 119 Å². The standard InChI is InChI=1S/C17H21FO2/c1-9(2)12-6-5-10(3)7-13(12)15-14(19)8-11(4)16(18)17(15)20/h7-8,12-13,19-20H,1,5-6H2,2-4H3/t12-,13?/m0/s1. The molecule has 0 spiro atoms. The average molecular weight is 276 g/mol. The molecule has 1 unspecified atom stereocenters. The van der Waals surface area contributed by atoms with E-state index in [0.717, 1.165) is 18.4 Å². The molecule has 1 aromatic carbocycles. The monoisotopic (exact) mass is 276 g/mol. The second kappa shape index (κ2) is 5.31. The summed E-state index contributed by atoms with van der Waals surface area (Å²) in [6, 6.07) is 1.37. The van der Waals surface area contributed by atoms with Crippen molar-refractivity contribution < 1.29 is 14.6 Å². The Morgan fingerprint density at radius 2 is 2.00 bits per heavy atom. The molecule has 0 heterocycles. The van der Waals surface area contributed by atoms with E-state index in [1.807, 2.05) is 19.9 Å². The Hall–Kier alpha value is -1.77. The molecule has 3 heteroatoms. The molecule has 108 valence electrons. The Morgan fingerprint density at radius 1 is 1.35 bits per heavy atom. The van der Waals surface area contributed by atoms with Crippen molar-refractivity contribution in [1.82, 2.24) is 0 Å². The van der Waals surface area contributed by atoms with Gasteiger partial charge >= 0.3 is 0 Å². The Balaban J connectivity index is 2.61. The van der Waals surface area contributed by atoms with Crippen LogP contribution in [0.25, 0.3) is 0 Å². The van der Waals surface area contributed by atoms with Gasteiger partial charge < -0.3 is 10.2 Å². The van der Waals surface area contributed by atoms with Crippen molar-refractivity contribution >= 4 is 0 Å². The van der Waals surface area contributed by atoms with E-state index in [9.17, 15) is 14.6 Å². The minimum absolute atomic E-state index is 0.0522. The molecule has 2 N–H and O–H groups in total. The third-order valence-corrected chi connectivity index (χ3v) is 4.15. The summed E-state index contributed by atoms with van der Waals surface area (Å²) in [4.78, 5) is 0. The van der Waals surface area contributed by atoms with Gasteiger partial charge in [-0.25, -0.2) is 4.39 Å². The zero-order valence-corrected chi connectivity index (χ0v) is 12.2. The highest BCUT2D eigenvalue weighted by Gasteiger charge is 2.31. The van der Waals surface area contributed by atoms with Gasteiger partial charge in [-0.15, -0.1) is 0 Å². The number of phenolic OH excluding ortho intramolecular Hbond substituents is 2. The van der Waals surface area contributed by atoms with Crippen LogP contribution in [0.15, 0.2) is 29.9 Å². The fourth-order valence-electron chi connectivity index (χ4n) is 3.01. The first-order chi connectivity index (χ1) is 9.32. The van der Waals surface area contributed by atoms with E-state index in [-0.39, 0.29) is 28.7 Å². The first kappa shape index (κ1) is 14.6. The Bertz CT molecular complexity index is 587.